The number of primary amides is 1. The molecule has 8 heteroatoms. The van der Waals surface area contributed by atoms with Crippen molar-refractivity contribution in [1.29, 1.82) is 0 Å². The Morgan fingerprint density at radius 1 is 1.15 bits per heavy atom. The van der Waals surface area contributed by atoms with Gasteiger partial charge in [-0.3, -0.25) is 14.4 Å². The van der Waals surface area contributed by atoms with Gasteiger partial charge in [0, 0.05) is 32.1 Å². The number of hydrogen-bond donors (Lipinski definition) is 3. The number of benzene rings is 1. The molecule has 0 radical (unpaired) electrons. The topological polar surface area (TPSA) is 105 Å². The molecule has 0 saturated heterocycles. The Balaban J connectivity index is 1.81. The lowest BCUT2D eigenvalue weighted by Crippen LogP contribution is -2.24. The second-order valence-corrected chi connectivity index (χ2v) is 6.76. The largest absolute Gasteiger partial charge is 0.366 e. The minimum atomic E-state index is -0.557. The van der Waals surface area contributed by atoms with Crippen LogP contribution in [-0.2, 0) is 11.3 Å². The number of thiophene rings is 1. The van der Waals surface area contributed by atoms with Gasteiger partial charge < -0.3 is 21.3 Å². The van der Waals surface area contributed by atoms with E-state index in [1.165, 1.54) is 11.3 Å². The highest BCUT2D eigenvalue weighted by Gasteiger charge is 2.13. The number of nitrogens with two attached hydrogens (primary N) is 1. The molecular formula is C18H22N4O3S. The van der Waals surface area contributed by atoms with E-state index in [4.69, 9.17) is 5.73 Å². The predicted molar refractivity (Wildman–Crippen MR) is 102 cm³/mol. The van der Waals surface area contributed by atoms with Crippen LogP contribution < -0.4 is 16.4 Å². The highest BCUT2D eigenvalue weighted by Crippen LogP contribution is 2.22. The summed E-state index contributed by atoms with van der Waals surface area (Å²) in [6.07, 6.45) is 0.295. The molecule has 1 aromatic carbocycles. The fraction of sp³-hybridized carbons (Fsp3) is 0.278. The third kappa shape index (κ3) is 5.40. The van der Waals surface area contributed by atoms with Crippen LogP contribution in [-0.4, -0.2) is 43.3 Å². The molecule has 0 aliphatic rings. The van der Waals surface area contributed by atoms with Gasteiger partial charge in [0.1, 0.15) is 5.00 Å². The Hall–Kier alpha value is -2.71. The fourth-order valence-electron chi connectivity index (χ4n) is 2.38. The Labute approximate surface area is 156 Å². The molecule has 138 valence electrons. The van der Waals surface area contributed by atoms with Gasteiger partial charge in [-0.15, -0.1) is 11.3 Å². The summed E-state index contributed by atoms with van der Waals surface area (Å²) in [5.41, 5.74) is 7.25. The van der Waals surface area contributed by atoms with Crippen molar-refractivity contribution in [2.45, 2.75) is 13.0 Å². The maximum atomic E-state index is 12.1. The van der Waals surface area contributed by atoms with Gasteiger partial charge in [-0.2, -0.15) is 0 Å². The number of hydrogen-bond acceptors (Lipinski definition) is 5. The van der Waals surface area contributed by atoms with E-state index in [1.807, 2.05) is 24.1 Å². The molecule has 3 amide bonds. The summed E-state index contributed by atoms with van der Waals surface area (Å²) in [5.74, 6) is -0.846. The smallest absolute Gasteiger partial charge is 0.251 e. The summed E-state index contributed by atoms with van der Waals surface area (Å²) < 4.78 is 0. The van der Waals surface area contributed by atoms with Gasteiger partial charge in [-0.1, -0.05) is 12.1 Å². The van der Waals surface area contributed by atoms with Crippen molar-refractivity contribution >= 4 is 34.1 Å². The molecule has 26 heavy (non-hydrogen) atoms. The average Bonchev–Trinajstić information content (AvgIpc) is 3.08. The van der Waals surface area contributed by atoms with Crippen LogP contribution in [0.15, 0.2) is 35.7 Å². The third-order valence-corrected chi connectivity index (χ3v) is 4.63. The lowest BCUT2D eigenvalue weighted by molar-refractivity contribution is -0.116. The molecule has 4 N–H and O–H groups in total. The molecule has 0 aliphatic heterocycles. The van der Waals surface area contributed by atoms with Crippen LogP contribution in [0.5, 0.6) is 0 Å². The van der Waals surface area contributed by atoms with Crippen molar-refractivity contribution in [2.75, 3.05) is 26.0 Å². The molecule has 0 fully saturated rings. The maximum Gasteiger partial charge on any atom is 0.251 e. The van der Waals surface area contributed by atoms with Crippen molar-refractivity contribution < 1.29 is 14.4 Å². The molecule has 2 aromatic rings. The third-order valence-electron chi connectivity index (χ3n) is 3.80. The summed E-state index contributed by atoms with van der Waals surface area (Å²) >= 11 is 1.27. The van der Waals surface area contributed by atoms with Crippen molar-refractivity contribution in [2.24, 2.45) is 5.73 Å². The molecule has 0 aliphatic carbocycles. The van der Waals surface area contributed by atoms with Gasteiger partial charge in [0.05, 0.1) is 5.56 Å². The minimum absolute atomic E-state index is 0.120. The molecule has 1 heterocycles. The Kier molecular flexibility index (Phi) is 6.88. The zero-order valence-corrected chi connectivity index (χ0v) is 15.6. The molecule has 0 bridgehead atoms. The van der Waals surface area contributed by atoms with Crippen LogP contribution in [0.25, 0.3) is 0 Å². The van der Waals surface area contributed by atoms with E-state index < -0.39 is 5.91 Å². The average molecular weight is 374 g/mol. The van der Waals surface area contributed by atoms with Crippen LogP contribution >= 0.6 is 11.3 Å². The molecule has 0 unspecified atom stereocenters. The van der Waals surface area contributed by atoms with E-state index in [-0.39, 0.29) is 11.8 Å². The van der Waals surface area contributed by atoms with Crippen LogP contribution in [0.3, 0.4) is 0 Å². The minimum Gasteiger partial charge on any atom is -0.366 e. The Morgan fingerprint density at radius 3 is 2.46 bits per heavy atom. The van der Waals surface area contributed by atoms with Crippen LogP contribution in [0.1, 0.15) is 32.7 Å². The van der Waals surface area contributed by atoms with Gasteiger partial charge in [-0.25, -0.2) is 0 Å². The Bertz CT molecular complexity index is 786. The first-order chi connectivity index (χ1) is 12.4. The SMILES string of the molecule is CNC(=O)c1ccc(CN(C)CCC(=O)Nc2sccc2C(N)=O)cc1. The summed E-state index contributed by atoms with van der Waals surface area (Å²) in [4.78, 5) is 36.9. The van der Waals surface area contributed by atoms with Gasteiger partial charge in [-0.05, 0) is 36.2 Å². The van der Waals surface area contributed by atoms with E-state index in [1.54, 1.807) is 30.6 Å². The fourth-order valence-corrected chi connectivity index (χ4v) is 3.19. The quantitative estimate of drug-likeness (QED) is 0.654. The maximum absolute atomic E-state index is 12.1. The predicted octanol–water partition coefficient (Wildman–Crippen LogP) is 1.67. The van der Waals surface area contributed by atoms with Gasteiger partial charge in [0.2, 0.25) is 5.91 Å². The van der Waals surface area contributed by atoms with Gasteiger partial charge >= 0.3 is 0 Å². The number of nitrogens with zero attached hydrogens (tertiary/aromatic N) is 1. The first-order valence-corrected chi connectivity index (χ1v) is 8.95. The monoisotopic (exact) mass is 374 g/mol. The number of nitrogens with one attached hydrogen (secondary N) is 2. The first kappa shape index (κ1) is 19.6. The summed E-state index contributed by atoms with van der Waals surface area (Å²) in [7, 11) is 3.51. The molecule has 0 spiro atoms. The van der Waals surface area contributed by atoms with E-state index in [0.717, 1.165) is 5.56 Å². The highest BCUT2D eigenvalue weighted by molar-refractivity contribution is 7.14. The lowest BCUT2D eigenvalue weighted by Gasteiger charge is -2.16. The zero-order chi connectivity index (χ0) is 19.1. The molecule has 1 aromatic heterocycles. The van der Waals surface area contributed by atoms with E-state index in [9.17, 15) is 14.4 Å². The van der Waals surface area contributed by atoms with E-state index in [2.05, 4.69) is 10.6 Å². The standard InChI is InChI=1S/C18H22N4O3S/c1-20-17(25)13-5-3-12(4-6-13)11-22(2)9-7-15(23)21-18-14(16(19)24)8-10-26-18/h3-6,8,10H,7,9,11H2,1-2H3,(H2,19,24)(H,20,25)(H,21,23). The lowest BCUT2D eigenvalue weighted by atomic mass is 10.1. The normalized spacial score (nSPS) is 10.6. The highest BCUT2D eigenvalue weighted by atomic mass is 32.1. The Morgan fingerprint density at radius 2 is 1.85 bits per heavy atom. The second-order valence-electron chi connectivity index (χ2n) is 5.84. The molecule has 7 nitrogen and oxygen atoms in total. The van der Waals surface area contributed by atoms with Crippen LogP contribution in [0.2, 0.25) is 0 Å². The van der Waals surface area contributed by atoms with Crippen molar-refractivity contribution in [3.05, 3.63) is 52.4 Å². The molecule has 2 rings (SSSR count). The summed E-state index contributed by atoms with van der Waals surface area (Å²) in [6, 6.07) is 8.93. The number of carbonyl (C=O) groups excluding carboxylic acids is 3. The first-order valence-electron chi connectivity index (χ1n) is 8.07. The van der Waals surface area contributed by atoms with Crippen LogP contribution in [0, 0.1) is 0 Å². The van der Waals surface area contributed by atoms with E-state index in [0.29, 0.717) is 35.6 Å². The number of carbonyl (C=O) groups is 3. The van der Waals surface area contributed by atoms with Crippen molar-refractivity contribution in [3.8, 4) is 0 Å². The summed E-state index contributed by atoms with van der Waals surface area (Å²) in [6.45, 7) is 1.22. The molecule has 0 saturated carbocycles. The zero-order valence-electron chi connectivity index (χ0n) is 14.7. The number of rotatable bonds is 8. The molecule has 0 atom stereocenters. The van der Waals surface area contributed by atoms with Gasteiger partial charge in [0.15, 0.2) is 0 Å². The molecular weight excluding hydrogens is 352 g/mol. The second kappa shape index (κ2) is 9.12. The van der Waals surface area contributed by atoms with E-state index >= 15 is 0 Å². The van der Waals surface area contributed by atoms with Crippen molar-refractivity contribution in [3.63, 3.8) is 0 Å². The van der Waals surface area contributed by atoms with Gasteiger partial charge in [0.25, 0.3) is 11.8 Å². The number of anilines is 1. The summed E-state index contributed by atoms with van der Waals surface area (Å²) in [5, 5.41) is 7.50. The number of amides is 3. The van der Waals surface area contributed by atoms with Crippen molar-refractivity contribution in [1.82, 2.24) is 10.2 Å². The van der Waals surface area contributed by atoms with Crippen LogP contribution in [0.4, 0.5) is 5.00 Å².